The second-order valence-electron chi connectivity index (χ2n) is 3.44. The van der Waals surface area contributed by atoms with Crippen LogP contribution in [0.5, 0.6) is 0 Å². The number of allylic oxidation sites excluding steroid dienone is 4. The number of hydrogen-bond donors (Lipinski definition) is 0. The zero-order valence-corrected chi connectivity index (χ0v) is 9.32. The number of aldehydes is 1. The molecule has 0 saturated carbocycles. The summed E-state index contributed by atoms with van der Waals surface area (Å²) in [6.45, 7) is 2.02. The van der Waals surface area contributed by atoms with Gasteiger partial charge in [-0.25, -0.2) is 0 Å². The Morgan fingerprint density at radius 1 is 1.33 bits per heavy atom. The van der Waals surface area contributed by atoms with Gasteiger partial charge in [0.15, 0.2) is 0 Å². The number of rotatable bonds is 3. The highest BCUT2D eigenvalue weighted by Gasteiger charge is 2.12. The number of methoxy groups -OCH3 is 2. The average molecular weight is 208 g/mol. The largest absolute Gasteiger partial charge is 0.501 e. The van der Waals surface area contributed by atoms with E-state index in [0.29, 0.717) is 12.0 Å². The van der Waals surface area contributed by atoms with E-state index in [2.05, 4.69) is 0 Å². The van der Waals surface area contributed by atoms with E-state index in [-0.39, 0.29) is 5.92 Å². The molecule has 1 unspecified atom stereocenters. The maximum absolute atomic E-state index is 10.7. The van der Waals surface area contributed by atoms with Crippen LogP contribution in [-0.2, 0) is 14.3 Å². The zero-order chi connectivity index (χ0) is 11.3. The minimum atomic E-state index is 0.161. The molecular formula is C12H16O3. The van der Waals surface area contributed by atoms with E-state index in [9.17, 15) is 4.79 Å². The average Bonchev–Trinajstić information content (AvgIpc) is 2.23. The fourth-order valence-electron chi connectivity index (χ4n) is 1.50. The normalized spacial score (nSPS) is 31.9. The van der Waals surface area contributed by atoms with E-state index in [1.807, 2.05) is 19.1 Å². The van der Waals surface area contributed by atoms with Gasteiger partial charge in [0.2, 0.25) is 0 Å². The first kappa shape index (κ1) is 11.6. The van der Waals surface area contributed by atoms with E-state index >= 15 is 0 Å². The van der Waals surface area contributed by atoms with Gasteiger partial charge in [-0.15, -0.1) is 0 Å². The van der Waals surface area contributed by atoms with Gasteiger partial charge in [0.25, 0.3) is 0 Å². The molecule has 1 atom stereocenters. The van der Waals surface area contributed by atoms with Crippen molar-refractivity contribution >= 4 is 6.29 Å². The topological polar surface area (TPSA) is 35.5 Å². The van der Waals surface area contributed by atoms with Crippen molar-refractivity contribution in [2.24, 2.45) is 5.92 Å². The standard InChI is InChI=1S/C12H16O3/c1-9-6-11(14-2)7-10(8-13)4-5-12(9)15-3/h4-6,8-9H,7H2,1-3H3/b10-4+,11-6-,12-5+. The van der Waals surface area contributed by atoms with E-state index in [4.69, 9.17) is 9.47 Å². The Bertz CT molecular complexity index is 324. The molecule has 82 valence electrons. The first-order chi connectivity index (χ1) is 7.21. The van der Waals surface area contributed by atoms with Crippen molar-refractivity contribution < 1.29 is 14.3 Å². The van der Waals surface area contributed by atoms with Crippen LogP contribution in [0.1, 0.15) is 13.3 Å². The summed E-state index contributed by atoms with van der Waals surface area (Å²) >= 11 is 0. The van der Waals surface area contributed by atoms with Crippen LogP contribution in [0.4, 0.5) is 0 Å². The number of carbonyl (C=O) groups excluding carboxylic acids is 1. The lowest BCUT2D eigenvalue weighted by Crippen LogP contribution is -2.04. The Kier molecular flexibility index (Phi) is 4.16. The fraction of sp³-hybridized carbons (Fsp3) is 0.417. The van der Waals surface area contributed by atoms with Crippen LogP contribution in [0, 0.1) is 5.92 Å². The van der Waals surface area contributed by atoms with Gasteiger partial charge in [0, 0.05) is 12.3 Å². The number of hydrogen-bond acceptors (Lipinski definition) is 3. The van der Waals surface area contributed by atoms with Crippen molar-refractivity contribution in [2.75, 3.05) is 14.2 Å². The third-order valence-electron chi connectivity index (χ3n) is 2.37. The molecule has 0 amide bonds. The highest BCUT2D eigenvalue weighted by molar-refractivity contribution is 5.74. The second-order valence-corrected chi connectivity index (χ2v) is 3.44. The molecule has 0 fully saturated rings. The van der Waals surface area contributed by atoms with E-state index in [1.54, 1.807) is 20.3 Å². The predicted octanol–water partition coefficient (Wildman–Crippen LogP) is 2.21. The molecule has 0 N–H and O–H groups in total. The van der Waals surface area contributed by atoms with Gasteiger partial charge < -0.3 is 9.47 Å². The Balaban J connectivity index is 3.05. The molecule has 0 aliphatic heterocycles. The maximum atomic E-state index is 10.7. The van der Waals surface area contributed by atoms with Gasteiger partial charge in [-0.05, 0) is 17.7 Å². The summed E-state index contributed by atoms with van der Waals surface area (Å²) in [6.07, 6.45) is 6.95. The molecular weight excluding hydrogens is 192 g/mol. The molecule has 1 aliphatic rings. The van der Waals surface area contributed by atoms with Crippen molar-refractivity contribution in [3.63, 3.8) is 0 Å². The van der Waals surface area contributed by atoms with Gasteiger partial charge in [0.05, 0.1) is 20.0 Å². The molecule has 1 rings (SSSR count). The van der Waals surface area contributed by atoms with Crippen LogP contribution in [0.25, 0.3) is 0 Å². The summed E-state index contributed by atoms with van der Waals surface area (Å²) in [5.41, 5.74) is 0.685. The Labute approximate surface area is 90.1 Å². The molecule has 0 aromatic heterocycles. The molecule has 0 bridgehead atoms. The lowest BCUT2D eigenvalue weighted by Gasteiger charge is -2.15. The molecule has 3 nitrogen and oxygen atoms in total. The Hall–Kier alpha value is -1.51. The molecule has 0 radical (unpaired) electrons. The summed E-state index contributed by atoms with van der Waals surface area (Å²) in [6, 6.07) is 0. The first-order valence-electron chi connectivity index (χ1n) is 4.85. The molecule has 0 spiro atoms. The van der Waals surface area contributed by atoms with Gasteiger partial charge in [-0.3, -0.25) is 4.79 Å². The molecule has 15 heavy (non-hydrogen) atoms. The molecule has 3 heteroatoms. The second kappa shape index (κ2) is 5.39. The molecule has 0 aromatic rings. The smallest absolute Gasteiger partial charge is 0.146 e. The number of carbonyl (C=O) groups is 1. The number of ether oxygens (including phenoxy) is 2. The minimum Gasteiger partial charge on any atom is -0.501 e. The molecule has 0 saturated heterocycles. The molecule has 0 heterocycles. The maximum Gasteiger partial charge on any atom is 0.146 e. The van der Waals surface area contributed by atoms with E-state index < -0.39 is 0 Å². The van der Waals surface area contributed by atoms with Gasteiger partial charge in [-0.2, -0.15) is 0 Å². The third kappa shape index (κ3) is 2.98. The highest BCUT2D eigenvalue weighted by Crippen LogP contribution is 2.21. The summed E-state index contributed by atoms with van der Waals surface area (Å²) < 4.78 is 10.4. The minimum absolute atomic E-state index is 0.161. The quantitative estimate of drug-likeness (QED) is 0.667. The van der Waals surface area contributed by atoms with Gasteiger partial charge in [-0.1, -0.05) is 13.0 Å². The van der Waals surface area contributed by atoms with Crippen LogP contribution in [-0.4, -0.2) is 20.5 Å². The van der Waals surface area contributed by atoms with Crippen LogP contribution in [0.3, 0.4) is 0 Å². The van der Waals surface area contributed by atoms with Crippen LogP contribution < -0.4 is 0 Å². The van der Waals surface area contributed by atoms with Crippen molar-refractivity contribution in [2.45, 2.75) is 13.3 Å². The van der Waals surface area contributed by atoms with Crippen molar-refractivity contribution in [1.29, 1.82) is 0 Å². The van der Waals surface area contributed by atoms with Crippen molar-refractivity contribution in [3.8, 4) is 0 Å². The van der Waals surface area contributed by atoms with Gasteiger partial charge in [0.1, 0.15) is 12.0 Å². The zero-order valence-electron chi connectivity index (χ0n) is 9.32. The van der Waals surface area contributed by atoms with E-state index in [0.717, 1.165) is 17.8 Å². The molecule has 1 aliphatic carbocycles. The Morgan fingerprint density at radius 3 is 2.60 bits per heavy atom. The summed E-state index contributed by atoms with van der Waals surface area (Å²) in [4.78, 5) is 10.7. The lowest BCUT2D eigenvalue weighted by molar-refractivity contribution is -0.105. The van der Waals surface area contributed by atoms with Gasteiger partial charge >= 0.3 is 0 Å². The Morgan fingerprint density at radius 2 is 2.07 bits per heavy atom. The third-order valence-corrected chi connectivity index (χ3v) is 2.37. The van der Waals surface area contributed by atoms with Crippen molar-refractivity contribution in [3.05, 3.63) is 35.3 Å². The SMILES string of the molecule is CO/C1=C\C(C)/C(OC)=C\C=C(\C=O)C1. The highest BCUT2D eigenvalue weighted by atomic mass is 16.5. The fourth-order valence-corrected chi connectivity index (χ4v) is 1.50. The molecule has 0 aromatic carbocycles. The van der Waals surface area contributed by atoms with Crippen LogP contribution in [0.15, 0.2) is 35.3 Å². The van der Waals surface area contributed by atoms with Crippen LogP contribution >= 0.6 is 0 Å². The summed E-state index contributed by atoms with van der Waals surface area (Å²) in [7, 11) is 3.23. The van der Waals surface area contributed by atoms with Crippen LogP contribution in [0.2, 0.25) is 0 Å². The monoisotopic (exact) mass is 208 g/mol. The van der Waals surface area contributed by atoms with E-state index in [1.165, 1.54) is 0 Å². The first-order valence-corrected chi connectivity index (χ1v) is 4.85. The summed E-state index contributed by atoms with van der Waals surface area (Å²) in [5, 5.41) is 0. The van der Waals surface area contributed by atoms with Crippen molar-refractivity contribution in [1.82, 2.24) is 0 Å². The lowest BCUT2D eigenvalue weighted by atomic mass is 10.0. The predicted molar refractivity (Wildman–Crippen MR) is 58.1 cm³/mol. The summed E-state index contributed by atoms with van der Waals surface area (Å²) in [5.74, 6) is 1.78.